The summed E-state index contributed by atoms with van der Waals surface area (Å²) in [6.07, 6.45) is 0. The normalized spacial score (nSPS) is 10.9. The zero-order chi connectivity index (χ0) is 20.5. The van der Waals surface area contributed by atoms with Gasteiger partial charge in [-0.05, 0) is 43.3 Å². The van der Waals surface area contributed by atoms with Gasteiger partial charge in [-0.25, -0.2) is 4.98 Å². The maximum Gasteiger partial charge on any atom is 0.267 e. The van der Waals surface area contributed by atoms with Crippen LogP contribution in [0, 0.1) is 0 Å². The highest BCUT2D eigenvalue weighted by Gasteiger charge is 2.19. The summed E-state index contributed by atoms with van der Waals surface area (Å²) in [5, 5.41) is 4.29. The van der Waals surface area contributed by atoms with Gasteiger partial charge in [-0.2, -0.15) is 0 Å². The van der Waals surface area contributed by atoms with Crippen molar-refractivity contribution in [1.82, 2.24) is 4.98 Å². The summed E-state index contributed by atoms with van der Waals surface area (Å²) in [6, 6.07) is 14.1. The van der Waals surface area contributed by atoms with E-state index in [0.717, 1.165) is 16.7 Å². The molecule has 2 amide bonds. The van der Waals surface area contributed by atoms with Gasteiger partial charge >= 0.3 is 0 Å². The lowest BCUT2D eigenvalue weighted by atomic mass is 10.1. The number of aromatic nitrogens is 1. The third kappa shape index (κ3) is 3.45. The Balaban J connectivity index is 1.74. The zero-order valence-corrected chi connectivity index (χ0v) is 16.4. The Hall–Kier alpha value is -3.65. The van der Waals surface area contributed by atoms with Gasteiger partial charge in [-0.3, -0.25) is 9.59 Å². The summed E-state index contributed by atoms with van der Waals surface area (Å²) < 4.78 is 5.54. The Morgan fingerprint density at radius 1 is 1.17 bits per heavy atom. The lowest BCUT2D eigenvalue weighted by molar-refractivity contribution is 0.100. The molecule has 0 aliphatic heterocycles. The van der Waals surface area contributed by atoms with E-state index in [1.807, 2.05) is 31.2 Å². The highest BCUT2D eigenvalue weighted by atomic mass is 32.1. The van der Waals surface area contributed by atoms with Crippen molar-refractivity contribution in [2.24, 2.45) is 5.73 Å². The summed E-state index contributed by atoms with van der Waals surface area (Å²) in [6.45, 7) is 2.49. The van der Waals surface area contributed by atoms with Gasteiger partial charge in [0, 0.05) is 10.8 Å². The molecular formula is C21H18N4O3S. The summed E-state index contributed by atoms with van der Waals surface area (Å²) in [4.78, 5) is 30.0. The van der Waals surface area contributed by atoms with Crippen molar-refractivity contribution in [1.29, 1.82) is 0 Å². The second-order valence-electron chi connectivity index (χ2n) is 6.34. The van der Waals surface area contributed by atoms with Crippen LogP contribution in [-0.4, -0.2) is 23.4 Å². The Labute approximate surface area is 170 Å². The third-order valence-corrected chi connectivity index (χ3v) is 5.56. The van der Waals surface area contributed by atoms with E-state index in [-0.39, 0.29) is 5.56 Å². The molecule has 8 heteroatoms. The van der Waals surface area contributed by atoms with Gasteiger partial charge < -0.3 is 21.5 Å². The van der Waals surface area contributed by atoms with Gasteiger partial charge in [0.2, 0.25) is 0 Å². The van der Waals surface area contributed by atoms with Crippen LogP contribution in [0.3, 0.4) is 0 Å². The molecule has 0 saturated carbocycles. The van der Waals surface area contributed by atoms with E-state index < -0.39 is 11.8 Å². The summed E-state index contributed by atoms with van der Waals surface area (Å²) in [5.74, 6) is -0.294. The molecule has 0 aliphatic rings. The Morgan fingerprint density at radius 3 is 2.72 bits per heavy atom. The molecule has 7 nitrogen and oxygen atoms in total. The first-order chi connectivity index (χ1) is 14.0. The van der Waals surface area contributed by atoms with E-state index in [4.69, 9.17) is 16.2 Å². The molecule has 29 heavy (non-hydrogen) atoms. The summed E-state index contributed by atoms with van der Waals surface area (Å²) >= 11 is 1.20. The average Bonchev–Trinajstić information content (AvgIpc) is 3.02. The van der Waals surface area contributed by atoms with Gasteiger partial charge in [0.05, 0.1) is 29.1 Å². The minimum Gasteiger partial charge on any atom is -0.494 e. The van der Waals surface area contributed by atoms with Crippen molar-refractivity contribution >= 4 is 55.6 Å². The molecule has 2 aromatic carbocycles. The van der Waals surface area contributed by atoms with Gasteiger partial charge in [0.1, 0.15) is 15.5 Å². The number of nitrogens with one attached hydrogen (secondary N) is 1. The quantitative estimate of drug-likeness (QED) is 0.466. The molecule has 0 unspecified atom stereocenters. The van der Waals surface area contributed by atoms with E-state index >= 15 is 0 Å². The molecule has 0 fully saturated rings. The van der Waals surface area contributed by atoms with Crippen LogP contribution in [0.1, 0.15) is 27.0 Å². The maximum absolute atomic E-state index is 12.8. The minimum absolute atomic E-state index is 0.229. The molecule has 4 rings (SSSR count). The summed E-state index contributed by atoms with van der Waals surface area (Å²) in [7, 11) is 0. The maximum atomic E-state index is 12.8. The van der Waals surface area contributed by atoms with Crippen molar-refractivity contribution in [3.8, 4) is 5.75 Å². The molecule has 0 aliphatic carbocycles. The number of nitrogens with zero attached hydrogens (tertiary/aromatic N) is 1. The number of fused-ring (bicyclic) bond motifs is 2. The number of ether oxygens (including phenoxy) is 1. The predicted octanol–water partition coefficient (Wildman–Crippen LogP) is 3.78. The highest BCUT2D eigenvalue weighted by Crippen LogP contribution is 2.35. The van der Waals surface area contributed by atoms with Gasteiger partial charge in [-0.15, -0.1) is 11.3 Å². The molecular weight excluding hydrogens is 388 g/mol. The number of hydrogen-bond donors (Lipinski definition) is 3. The van der Waals surface area contributed by atoms with Crippen LogP contribution >= 0.6 is 11.3 Å². The smallest absolute Gasteiger partial charge is 0.267 e. The molecule has 0 spiro atoms. The molecule has 2 aromatic heterocycles. The number of nitrogens with two attached hydrogens (primary N) is 2. The number of pyridine rings is 1. The van der Waals surface area contributed by atoms with Crippen LogP contribution < -0.4 is 21.5 Å². The van der Waals surface area contributed by atoms with E-state index in [1.54, 1.807) is 24.3 Å². The monoisotopic (exact) mass is 406 g/mol. The molecule has 4 aromatic rings. The third-order valence-electron chi connectivity index (χ3n) is 4.44. The number of para-hydroxylation sites is 1. The van der Waals surface area contributed by atoms with Crippen LogP contribution in [-0.2, 0) is 0 Å². The number of anilines is 2. The van der Waals surface area contributed by atoms with Crippen molar-refractivity contribution in [3.63, 3.8) is 0 Å². The molecule has 0 bridgehead atoms. The lowest BCUT2D eigenvalue weighted by Crippen LogP contribution is -2.18. The first-order valence-electron chi connectivity index (χ1n) is 8.93. The Kier molecular flexibility index (Phi) is 4.77. The molecule has 146 valence electrons. The largest absolute Gasteiger partial charge is 0.494 e. The fourth-order valence-corrected chi connectivity index (χ4v) is 4.07. The van der Waals surface area contributed by atoms with Crippen LogP contribution in [0.25, 0.3) is 21.1 Å². The fraction of sp³-hybridized carbons (Fsp3) is 0.0952. The number of benzene rings is 2. The van der Waals surface area contributed by atoms with Crippen molar-refractivity contribution < 1.29 is 14.3 Å². The zero-order valence-electron chi connectivity index (χ0n) is 15.6. The summed E-state index contributed by atoms with van der Waals surface area (Å²) in [5.41, 5.74) is 13.3. The van der Waals surface area contributed by atoms with Crippen LogP contribution in [0.4, 0.5) is 11.4 Å². The number of carbonyl (C=O) groups is 2. The molecule has 0 saturated heterocycles. The second kappa shape index (κ2) is 7.40. The first-order valence-corrected chi connectivity index (χ1v) is 9.75. The van der Waals surface area contributed by atoms with Gasteiger partial charge in [0.25, 0.3) is 11.8 Å². The number of primary amides is 1. The standard InChI is InChI=1S/C21H18N4O3S/c1-2-28-12-7-8-15-11(9-12)10-14-17(22)18(29-21(14)25-15)20(27)24-16-6-4-3-5-13(16)19(23)26/h3-10H,2,22H2,1H3,(H2,23,26)(H,24,27). The number of thiophene rings is 1. The number of carbonyl (C=O) groups excluding carboxylic acids is 2. The number of nitrogen functional groups attached to an aromatic ring is 1. The number of amides is 2. The van der Waals surface area contributed by atoms with Crippen molar-refractivity contribution in [3.05, 3.63) is 59.0 Å². The Morgan fingerprint density at radius 2 is 1.97 bits per heavy atom. The van der Waals surface area contributed by atoms with E-state index in [1.165, 1.54) is 11.3 Å². The van der Waals surface area contributed by atoms with Crippen molar-refractivity contribution in [2.75, 3.05) is 17.7 Å². The molecule has 0 radical (unpaired) electrons. The molecule has 5 N–H and O–H groups in total. The van der Waals surface area contributed by atoms with Crippen LogP contribution in [0.5, 0.6) is 5.75 Å². The predicted molar refractivity (Wildman–Crippen MR) is 116 cm³/mol. The number of rotatable bonds is 5. The van der Waals surface area contributed by atoms with E-state index in [0.29, 0.717) is 33.1 Å². The fourth-order valence-electron chi connectivity index (χ4n) is 3.09. The second-order valence-corrected chi connectivity index (χ2v) is 7.34. The highest BCUT2D eigenvalue weighted by molar-refractivity contribution is 7.21. The van der Waals surface area contributed by atoms with E-state index in [9.17, 15) is 9.59 Å². The first kappa shape index (κ1) is 18.7. The SMILES string of the molecule is CCOc1ccc2nc3sc(C(=O)Nc4ccccc4C(N)=O)c(N)c3cc2c1. The minimum atomic E-state index is -0.622. The Bertz CT molecular complexity index is 1270. The molecule has 0 atom stereocenters. The topological polar surface area (TPSA) is 120 Å². The number of hydrogen-bond acceptors (Lipinski definition) is 6. The van der Waals surface area contributed by atoms with Crippen LogP contribution in [0.15, 0.2) is 48.5 Å². The lowest BCUT2D eigenvalue weighted by Gasteiger charge is -2.08. The van der Waals surface area contributed by atoms with Crippen molar-refractivity contribution in [2.45, 2.75) is 6.92 Å². The van der Waals surface area contributed by atoms with Gasteiger partial charge in [-0.1, -0.05) is 12.1 Å². The van der Waals surface area contributed by atoms with Crippen LogP contribution in [0.2, 0.25) is 0 Å². The van der Waals surface area contributed by atoms with Gasteiger partial charge in [0.15, 0.2) is 0 Å². The average molecular weight is 406 g/mol. The van der Waals surface area contributed by atoms with E-state index in [2.05, 4.69) is 10.3 Å². The molecule has 2 heterocycles.